The Kier molecular flexibility index (Phi) is 4.24. The molecule has 2 rings (SSSR count). The first-order chi connectivity index (χ1) is 7.72. The lowest BCUT2D eigenvalue weighted by Crippen LogP contribution is -2.20. The average molecular weight is 365 g/mol. The summed E-state index contributed by atoms with van der Waals surface area (Å²) < 4.78 is 7.66. The van der Waals surface area contributed by atoms with Crippen LogP contribution in [0.1, 0.15) is 23.6 Å². The minimum atomic E-state index is 0.116. The molecule has 5 heteroatoms. The van der Waals surface area contributed by atoms with Gasteiger partial charge >= 0.3 is 0 Å². The lowest BCUT2D eigenvalue weighted by atomic mass is 10.2. The highest BCUT2D eigenvalue weighted by atomic mass is 79.9. The van der Waals surface area contributed by atoms with E-state index in [9.17, 15) is 0 Å². The van der Waals surface area contributed by atoms with Crippen molar-refractivity contribution in [3.63, 3.8) is 0 Å². The molecule has 0 bridgehead atoms. The SMILES string of the molecule is CCNC(c1ccc(Br)s1)c1occc1Br. The second kappa shape index (κ2) is 5.49. The van der Waals surface area contributed by atoms with Crippen LogP contribution < -0.4 is 5.32 Å². The highest BCUT2D eigenvalue weighted by molar-refractivity contribution is 9.11. The maximum atomic E-state index is 5.52. The van der Waals surface area contributed by atoms with Crippen molar-refractivity contribution in [2.45, 2.75) is 13.0 Å². The second-order valence-electron chi connectivity index (χ2n) is 3.27. The zero-order chi connectivity index (χ0) is 11.5. The molecule has 0 aliphatic heterocycles. The van der Waals surface area contributed by atoms with E-state index in [1.54, 1.807) is 17.6 Å². The molecule has 1 N–H and O–H groups in total. The number of hydrogen-bond acceptors (Lipinski definition) is 3. The van der Waals surface area contributed by atoms with Crippen molar-refractivity contribution in [2.24, 2.45) is 0 Å². The Morgan fingerprint density at radius 3 is 2.69 bits per heavy atom. The zero-order valence-corrected chi connectivity index (χ0v) is 12.7. The van der Waals surface area contributed by atoms with Crippen LogP contribution in [-0.2, 0) is 0 Å². The topological polar surface area (TPSA) is 25.2 Å². The van der Waals surface area contributed by atoms with Gasteiger partial charge in [-0.05, 0) is 56.6 Å². The predicted molar refractivity (Wildman–Crippen MR) is 73.9 cm³/mol. The van der Waals surface area contributed by atoms with Crippen molar-refractivity contribution in [1.29, 1.82) is 0 Å². The van der Waals surface area contributed by atoms with Crippen molar-refractivity contribution in [1.82, 2.24) is 5.32 Å². The van der Waals surface area contributed by atoms with Crippen LogP contribution in [0, 0.1) is 0 Å². The van der Waals surface area contributed by atoms with Gasteiger partial charge in [-0.2, -0.15) is 0 Å². The summed E-state index contributed by atoms with van der Waals surface area (Å²) in [7, 11) is 0. The van der Waals surface area contributed by atoms with E-state index in [0.717, 1.165) is 20.6 Å². The quantitative estimate of drug-likeness (QED) is 0.859. The van der Waals surface area contributed by atoms with Gasteiger partial charge in [0.15, 0.2) is 0 Å². The molecular formula is C11H11Br2NOS. The van der Waals surface area contributed by atoms with Gasteiger partial charge < -0.3 is 9.73 Å². The normalized spacial score (nSPS) is 12.9. The fourth-order valence-electron chi connectivity index (χ4n) is 1.52. The van der Waals surface area contributed by atoms with Gasteiger partial charge in [0.2, 0.25) is 0 Å². The van der Waals surface area contributed by atoms with E-state index in [1.165, 1.54) is 4.88 Å². The van der Waals surface area contributed by atoms with Gasteiger partial charge in [-0.15, -0.1) is 11.3 Å². The molecule has 0 amide bonds. The first kappa shape index (κ1) is 12.4. The van der Waals surface area contributed by atoms with Crippen LogP contribution in [0.5, 0.6) is 0 Å². The standard InChI is InChI=1S/C11H11Br2NOS/c1-2-14-10(8-3-4-9(13)16-8)11-7(12)5-6-15-11/h3-6,10,14H,2H2,1H3. The number of halogens is 2. The molecule has 0 aliphatic rings. The molecule has 0 spiro atoms. The first-order valence-electron chi connectivity index (χ1n) is 4.94. The van der Waals surface area contributed by atoms with Gasteiger partial charge in [0.1, 0.15) is 11.8 Å². The van der Waals surface area contributed by atoms with E-state index in [4.69, 9.17) is 4.42 Å². The summed E-state index contributed by atoms with van der Waals surface area (Å²) >= 11 is 8.70. The van der Waals surface area contributed by atoms with E-state index < -0.39 is 0 Å². The fourth-order valence-corrected chi connectivity index (χ4v) is 3.45. The Labute approximate surface area is 115 Å². The van der Waals surface area contributed by atoms with Gasteiger partial charge in [0, 0.05) is 4.88 Å². The van der Waals surface area contributed by atoms with E-state index in [0.29, 0.717) is 0 Å². The summed E-state index contributed by atoms with van der Waals surface area (Å²) in [5, 5.41) is 3.42. The average Bonchev–Trinajstić information content (AvgIpc) is 2.84. The van der Waals surface area contributed by atoms with Crippen molar-refractivity contribution in [2.75, 3.05) is 6.54 Å². The van der Waals surface area contributed by atoms with Crippen LogP contribution in [0.3, 0.4) is 0 Å². The van der Waals surface area contributed by atoms with Crippen molar-refractivity contribution >= 4 is 43.2 Å². The van der Waals surface area contributed by atoms with E-state index in [1.807, 2.05) is 6.07 Å². The molecule has 2 nitrogen and oxygen atoms in total. The Balaban J connectivity index is 2.34. The molecule has 0 aromatic carbocycles. The third kappa shape index (κ3) is 2.59. The Morgan fingerprint density at radius 2 is 2.19 bits per heavy atom. The molecular weight excluding hydrogens is 354 g/mol. The maximum Gasteiger partial charge on any atom is 0.140 e. The summed E-state index contributed by atoms with van der Waals surface area (Å²) in [6.07, 6.45) is 1.70. The fraction of sp³-hybridized carbons (Fsp3) is 0.273. The van der Waals surface area contributed by atoms with Gasteiger partial charge in [0.25, 0.3) is 0 Å². The van der Waals surface area contributed by atoms with Crippen LogP contribution in [0.15, 0.2) is 37.1 Å². The molecule has 0 fully saturated rings. The molecule has 1 atom stereocenters. The van der Waals surface area contributed by atoms with Crippen LogP contribution in [-0.4, -0.2) is 6.54 Å². The van der Waals surface area contributed by atoms with Gasteiger partial charge in [-0.1, -0.05) is 6.92 Å². The third-order valence-corrected chi connectivity index (χ3v) is 4.54. The summed E-state index contributed by atoms with van der Waals surface area (Å²) in [6, 6.07) is 6.20. The molecule has 2 aromatic rings. The Morgan fingerprint density at radius 1 is 1.38 bits per heavy atom. The molecule has 86 valence electrons. The molecule has 0 saturated heterocycles. The molecule has 0 aliphatic carbocycles. The molecule has 16 heavy (non-hydrogen) atoms. The van der Waals surface area contributed by atoms with Gasteiger partial charge in [-0.3, -0.25) is 0 Å². The van der Waals surface area contributed by atoms with E-state index in [2.05, 4.69) is 56.2 Å². The van der Waals surface area contributed by atoms with Crippen molar-refractivity contribution in [3.8, 4) is 0 Å². The number of nitrogens with one attached hydrogen (secondary N) is 1. The smallest absolute Gasteiger partial charge is 0.140 e. The first-order valence-corrected chi connectivity index (χ1v) is 7.34. The summed E-state index contributed by atoms with van der Waals surface area (Å²) in [4.78, 5) is 1.24. The Hall–Kier alpha value is -0.100. The van der Waals surface area contributed by atoms with Crippen molar-refractivity contribution < 1.29 is 4.42 Å². The lowest BCUT2D eigenvalue weighted by molar-refractivity contribution is 0.453. The van der Waals surface area contributed by atoms with Crippen LogP contribution in [0.2, 0.25) is 0 Å². The summed E-state index contributed by atoms with van der Waals surface area (Å²) in [6.45, 7) is 2.99. The molecule has 2 aromatic heterocycles. The molecule has 0 radical (unpaired) electrons. The number of hydrogen-bond donors (Lipinski definition) is 1. The minimum absolute atomic E-state index is 0.116. The van der Waals surface area contributed by atoms with Crippen LogP contribution in [0.4, 0.5) is 0 Å². The molecule has 1 unspecified atom stereocenters. The Bertz CT molecular complexity index is 466. The number of furan rings is 1. The summed E-state index contributed by atoms with van der Waals surface area (Å²) in [5.41, 5.74) is 0. The molecule has 0 saturated carbocycles. The van der Waals surface area contributed by atoms with Gasteiger partial charge in [-0.25, -0.2) is 0 Å². The van der Waals surface area contributed by atoms with Gasteiger partial charge in [0.05, 0.1) is 14.5 Å². The largest absolute Gasteiger partial charge is 0.466 e. The highest BCUT2D eigenvalue weighted by Gasteiger charge is 2.20. The minimum Gasteiger partial charge on any atom is -0.466 e. The summed E-state index contributed by atoms with van der Waals surface area (Å²) in [5.74, 6) is 0.927. The van der Waals surface area contributed by atoms with Crippen LogP contribution >= 0.6 is 43.2 Å². The number of thiophene rings is 1. The van der Waals surface area contributed by atoms with E-state index >= 15 is 0 Å². The predicted octanol–water partition coefficient (Wildman–Crippen LogP) is 4.57. The molecule has 2 heterocycles. The highest BCUT2D eigenvalue weighted by Crippen LogP contribution is 2.34. The number of rotatable bonds is 4. The van der Waals surface area contributed by atoms with E-state index in [-0.39, 0.29) is 6.04 Å². The maximum absolute atomic E-state index is 5.52. The van der Waals surface area contributed by atoms with Crippen LogP contribution in [0.25, 0.3) is 0 Å². The van der Waals surface area contributed by atoms with Crippen molar-refractivity contribution in [3.05, 3.63) is 43.4 Å². The zero-order valence-electron chi connectivity index (χ0n) is 8.67. The monoisotopic (exact) mass is 363 g/mol. The third-order valence-electron chi connectivity index (χ3n) is 2.19. The lowest BCUT2D eigenvalue weighted by Gasteiger charge is -2.14. The second-order valence-corrected chi connectivity index (χ2v) is 6.61.